The summed E-state index contributed by atoms with van der Waals surface area (Å²) in [6.45, 7) is 6.56. The number of aryl methyl sites for hydroxylation is 1. The van der Waals surface area contributed by atoms with Crippen LogP contribution in [0.1, 0.15) is 139 Å². The van der Waals surface area contributed by atoms with Crippen molar-refractivity contribution < 1.29 is 10.2 Å². The number of phenols is 1. The molecule has 3 fully saturated rings. The van der Waals surface area contributed by atoms with Gasteiger partial charge in [0.2, 0.25) is 0 Å². The average Bonchev–Trinajstić information content (AvgIpc) is 3.32. The maximum atomic E-state index is 11.0. The first-order chi connectivity index (χ1) is 18.0. The van der Waals surface area contributed by atoms with Crippen molar-refractivity contribution in [3.8, 4) is 5.75 Å². The van der Waals surface area contributed by atoms with Gasteiger partial charge in [-0.15, -0.1) is 0 Å². The van der Waals surface area contributed by atoms with Crippen molar-refractivity contribution >= 4 is 0 Å². The third-order valence-electron chi connectivity index (χ3n) is 9.72. The largest absolute Gasteiger partial charge is 0.508 e. The Morgan fingerprint density at radius 3 is 2.30 bits per heavy atom. The molecule has 1 aromatic carbocycles. The second-order valence-electron chi connectivity index (χ2n) is 12.6. The fourth-order valence-electron chi connectivity index (χ4n) is 7.54. The van der Waals surface area contributed by atoms with Gasteiger partial charge in [-0.2, -0.15) is 0 Å². The van der Waals surface area contributed by atoms with Crippen molar-refractivity contribution in [2.75, 3.05) is 0 Å². The van der Waals surface area contributed by atoms with E-state index in [9.17, 15) is 10.2 Å². The highest BCUT2D eigenvalue weighted by Crippen LogP contribution is 2.42. The predicted octanol–water partition coefficient (Wildman–Crippen LogP) is 10.6. The van der Waals surface area contributed by atoms with Crippen LogP contribution in [0.3, 0.4) is 0 Å². The molecular weight excluding hydrogens is 452 g/mol. The van der Waals surface area contributed by atoms with Crippen LogP contribution < -0.4 is 0 Å². The van der Waals surface area contributed by atoms with Gasteiger partial charge in [-0.05, 0) is 117 Å². The summed E-state index contributed by atoms with van der Waals surface area (Å²) in [7, 11) is 0. The number of aromatic hydroxyl groups is 1. The van der Waals surface area contributed by atoms with Crippen molar-refractivity contribution in [1.82, 2.24) is 0 Å². The maximum Gasteiger partial charge on any atom is 0.119 e. The molecule has 0 aromatic heterocycles. The van der Waals surface area contributed by atoms with E-state index in [-0.39, 0.29) is 0 Å². The number of aliphatic hydroxyl groups excluding tert-OH is 1. The molecule has 37 heavy (non-hydrogen) atoms. The molecule has 3 atom stereocenters. The molecule has 0 heterocycles. The van der Waals surface area contributed by atoms with Crippen LogP contribution in [-0.2, 0) is 0 Å². The van der Waals surface area contributed by atoms with Crippen LogP contribution in [0.15, 0.2) is 47.8 Å². The fourth-order valence-corrected chi connectivity index (χ4v) is 7.54. The Kier molecular flexibility index (Phi) is 10.4. The van der Waals surface area contributed by atoms with Crippen LogP contribution in [-0.4, -0.2) is 10.2 Å². The Hall–Kier alpha value is -1.96. The molecule has 4 rings (SSSR count). The Balaban J connectivity index is 1.66. The van der Waals surface area contributed by atoms with Gasteiger partial charge in [0.05, 0.1) is 0 Å². The van der Waals surface area contributed by atoms with Crippen LogP contribution in [0, 0.1) is 24.7 Å². The molecule has 0 aliphatic heterocycles. The normalized spacial score (nSPS) is 25.7. The lowest BCUT2D eigenvalue weighted by Crippen LogP contribution is -2.11. The van der Waals surface area contributed by atoms with Gasteiger partial charge in [0.25, 0.3) is 0 Å². The minimum absolute atomic E-state index is 0.316. The minimum Gasteiger partial charge on any atom is -0.508 e. The summed E-state index contributed by atoms with van der Waals surface area (Å²) in [5, 5.41) is 21.9. The quantitative estimate of drug-likeness (QED) is 0.259. The highest BCUT2D eigenvalue weighted by molar-refractivity contribution is 5.46. The van der Waals surface area contributed by atoms with Gasteiger partial charge in [0.1, 0.15) is 11.5 Å². The maximum absolute atomic E-state index is 11.0. The summed E-state index contributed by atoms with van der Waals surface area (Å²) in [6.07, 6.45) is 27.5. The van der Waals surface area contributed by atoms with Gasteiger partial charge < -0.3 is 10.2 Å². The topological polar surface area (TPSA) is 40.5 Å². The molecule has 3 unspecified atom stereocenters. The lowest BCUT2D eigenvalue weighted by atomic mass is 9.79. The van der Waals surface area contributed by atoms with Gasteiger partial charge in [0, 0.05) is 5.92 Å². The minimum atomic E-state index is 0.316. The van der Waals surface area contributed by atoms with E-state index in [2.05, 4.69) is 32.1 Å². The number of hydrogen-bond donors (Lipinski definition) is 2. The molecule has 0 spiro atoms. The van der Waals surface area contributed by atoms with Gasteiger partial charge in [-0.1, -0.05) is 82.6 Å². The van der Waals surface area contributed by atoms with Gasteiger partial charge in [-0.3, -0.25) is 0 Å². The smallest absolute Gasteiger partial charge is 0.119 e. The number of phenolic OH excluding ortho intramolecular Hbond substituents is 1. The lowest BCUT2D eigenvalue weighted by molar-refractivity contribution is 0.373. The monoisotopic (exact) mass is 504 g/mol. The van der Waals surface area contributed by atoms with Crippen LogP contribution in [0.5, 0.6) is 5.75 Å². The lowest BCUT2D eigenvalue weighted by Gasteiger charge is -2.26. The van der Waals surface area contributed by atoms with E-state index in [1.807, 2.05) is 25.1 Å². The Labute approximate surface area is 227 Å². The number of hydrogen-bond acceptors (Lipinski definition) is 2. The van der Waals surface area contributed by atoms with Gasteiger partial charge >= 0.3 is 0 Å². The van der Waals surface area contributed by atoms with E-state index in [4.69, 9.17) is 0 Å². The first-order valence-corrected chi connectivity index (χ1v) is 15.5. The van der Waals surface area contributed by atoms with E-state index in [1.165, 1.54) is 107 Å². The first-order valence-electron chi connectivity index (χ1n) is 15.5. The average molecular weight is 505 g/mol. The molecule has 2 N–H and O–H groups in total. The van der Waals surface area contributed by atoms with Crippen molar-refractivity contribution in [2.24, 2.45) is 17.8 Å². The molecule has 3 aliphatic carbocycles. The molecule has 3 saturated carbocycles. The van der Waals surface area contributed by atoms with Crippen LogP contribution in [0.4, 0.5) is 0 Å². The van der Waals surface area contributed by atoms with Crippen molar-refractivity contribution in [1.29, 1.82) is 0 Å². The summed E-state index contributed by atoms with van der Waals surface area (Å²) in [6, 6.07) is 4.40. The highest BCUT2D eigenvalue weighted by Gasteiger charge is 2.25. The number of allylic oxidation sites excluding steroid dienone is 5. The SMILES string of the molecule is C/C=C/C(O)=C(\C=C\C(CCC1CCC(C)C1)c1cc(C2CCCCC2)c(O)cc1C)C1CCCCC1. The molecule has 0 bridgehead atoms. The number of rotatable bonds is 9. The standard InChI is InChI=1S/C35H52O2/c1-4-11-34(36)31(28-12-7-5-8-13-28)21-20-30(19-18-27-17-16-25(2)22-27)32-24-33(35(37)23-26(32)3)29-14-9-6-10-15-29/h4,11,20-21,23-25,27-30,36-37H,5-10,12-19,22H2,1-3H3/b11-4+,21-20+,34-31-. The molecule has 0 radical (unpaired) electrons. The van der Waals surface area contributed by atoms with E-state index in [0.717, 1.165) is 23.8 Å². The molecule has 2 heteroatoms. The van der Waals surface area contributed by atoms with E-state index in [0.29, 0.717) is 29.3 Å². The van der Waals surface area contributed by atoms with Crippen molar-refractivity contribution in [2.45, 2.75) is 129 Å². The summed E-state index contributed by atoms with van der Waals surface area (Å²) in [5.74, 6) is 3.90. The molecule has 0 saturated heterocycles. The van der Waals surface area contributed by atoms with Crippen LogP contribution >= 0.6 is 0 Å². The van der Waals surface area contributed by atoms with Crippen molar-refractivity contribution in [3.05, 3.63) is 64.5 Å². The second-order valence-corrected chi connectivity index (χ2v) is 12.6. The predicted molar refractivity (Wildman–Crippen MR) is 157 cm³/mol. The van der Waals surface area contributed by atoms with E-state index in [1.54, 1.807) is 0 Å². The Morgan fingerprint density at radius 1 is 0.946 bits per heavy atom. The molecule has 3 aliphatic rings. The van der Waals surface area contributed by atoms with E-state index >= 15 is 0 Å². The van der Waals surface area contributed by atoms with Crippen LogP contribution in [0.2, 0.25) is 0 Å². The number of benzene rings is 1. The molecule has 1 aromatic rings. The fraction of sp³-hybridized carbons (Fsp3) is 0.657. The molecule has 2 nitrogen and oxygen atoms in total. The van der Waals surface area contributed by atoms with Gasteiger partial charge in [0.15, 0.2) is 0 Å². The summed E-state index contributed by atoms with van der Waals surface area (Å²) >= 11 is 0. The zero-order chi connectivity index (χ0) is 26.2. The van der Waals surface area contributed by atoms with E-state index < -0.39 is 0 Å². The summed E-state index contributed by atoms with van der Waals surface area (Å²) < 4.78 is 0. The molecule has 0 amide bonds. The Morgan fingerprint density at radius 2 is 1.65 bits per heavy atom. The summed E-state index contributed by atoms with van der Waals surface area (Å²) in [4.78, 5) is 0. The summed E-state index contributed by atoms with van der Waals surface area (Å²) in [5.41, 5.74) is 4.88. The zero-order valence-electron chi connectivity index (χ0n) is 23.9. The van der Waals surface area contributed by atoms with Crippen molar-refractivity contribution in [3.63, 3.8) is 0 Å². The Bertz CT molecular complexity index is 956. The second kappa shape index (κ2) is 13.7. The van der Waals surface area contributed by atoms with Crippen LogP contribution in [0.25, 0.3) is 0 Å². The first kappa shape index (κ1) is 28.1. The number of aliphatic hydroxyl groups is 1. The van der Waals surface area contributed by atoms with Gasteiger partial charge in [-0.25, -0.2) is 0 Å². The molecular formula is C35H52O2. The third kappa shape index (κ3) is 7.55. The zero-order valence-corrected chi connectivity index (χ0v) is 23.9. The molecule has 204 valence electrons. The highest BCUT2D eigenvalue weighted by atomic mass is 16.3. The third-order valence-corrected chi connectivity index (χ3v) is 9.72.